The summed E-state index contributed by atoms with van der Waals surface area (Å²) in [5.74, 6) is 0.482. The molecule has 0 heterocycles. The quantitative estimate of drug-likeness (QED) is 0.940. The number of ether oxygens (including phenoxy) is 1. The predicted octanol–water partition coefficient (Wildman–Crippen LogP) is 3.46. The highest BCUT2D eigenvalue weighted by Gasteiger charge is 2.16. The van der Waals surface area contributed by atoms with E-state index in [2.05, 4.69) is 4.72 Å². The Hall–Kier alpha value is -1.72. The lowest BCUT2D eigenvalue weighted by Gasteiger charge is -2.12. The number of sulfonamides is 1. The van der Waals surface area contributed by atoms with Crippen LogP contribution in [0.3, 0.4) is 0 Å². The fraction of sp³-hybridized carbons (Fsp3) is 0.143. The molecule has 106 valence electrons. The number of hydrogen-bond donors (Lipinski definition) is 1. The summed E-state index contributed by atoms with van der Waals surface area (Å²) in [6.45, 7) is 1.76. The maximum Gasteiger partial charge on any atom is 0.262 e. The molecule has 1 N–H and O–H groups in total. The van der Waals surface area contributed by atoms with E-state index in [9.17, 15) is 8.42 Å². The number of nitrogens with one attached hydrogen (secondary N) is 1. The van der Waals surface area contributed by atoms with Crippen molar-refractivity contribution in [3.63, 3.8) is 0 Å². The Balaban J connectivity index is 2.38. The maximum absolute atomic E-state index is 12.3. The van der Waals surface area contributed by atoms with E-state index >= 15 is 0 Å². The van der Waals surface area contributed by atoms with E-state index in [1.165, 1.54) is 19.2 Å². The van der Waals surface area contributed by atoms with Gasteiger partial charge in [0.15, 0.2) is 0 Å². The maximum atomic E-state index is 12.3. The van der Waals surface area contributed by atoms with E-state index in [-0.39, 0.29) is 4.90 Å². The lowest BCUT2D eigenvalue weighted by Crippen LogP contribution is -2.13. The molecule has 0 saturated heterocycles. The van der Waals surface area contributed by atoms with Gasteiger partial charge in [0.2, 0.25) is 0 Å². The first-order chi connectivity index (χ1) is 9.44. The first-order valence-corrected chi connectivity index (χ1v) is 7.72. The van der Waals surface area contributed by atoms with Crippen LogP contribution in [0.25, 0.3) is 0 Å². The Bertz CT molecular complexity index is 729. The number of halogens is 1. The summed E-state index contributed by atoms with van der Waals surface area (Å²) < 4.78 is 32.2. The highest BCUT2D eigenvalue weighted by atomic mass is 35.5. The second kappa shape index (κ2) is 5.73. The first kappa shape index (κ1) is 14.7. The molecule has 2 aromatic rings. The lowest BCUT2D eigenvalue weighted by atomic mass is 10.2. The van der Waals surface area contributed by atoms with Crippen molar-refractivity contribution < 1.29 is 13.2 Å². The Morgan fingerprint density at radius 3 is 2.55 bits per heavy atom. The van der Waals surface area contributed by atoms with E-state index in [1.807, 2.05) is 0 Å². The summed E-state index contributed by atoms with van der Waals surface area (Å²) in [6, 6.07) is 11.3. The molecule has 0 aromatic heterocycles. The summed E-state index contributed by atoms with van der Waals surface area (Å²) in [4.78, 5) is 0.135. The second-order valence-electron chi connectivity index (χ2n) is 4.20. The molecule has 0 aliphatic heterocycles. The third kappa shape index (κ3) is 3.05. The molecule has 0 spiro atoms. The highest BCUT2D eigenvalue weighted by Crippen LogP contribution is 2.26. The van der Waals surface area contributed by atoms with Gasteiger partial charge in [0, 0.05) is 11.1 Å². The van der Waals surface area contributed by atoms with E-state index in [1.54, 1.807) is 37.3 Å². The molecule has 6 heteroatoms. The van der Waals surface area contributed by atoms with Gasteiger partial charge in [-0.3, -0.25) is 4.72 Å². The molecule has 2 rings (SSSR count). The van der Waals surface area contributed by atoms with Crippen LogP contribution in [0.1, 0.15) is 5.56 Å². The molecule has 0 unspecified atom stereocenters. The molecule has 0 bridgehead atoms. The molecule has 20 heavy (non-hydrogen) atoms. The van der Waals surface area contributed by atoms with E-state index in [0.29, 0.717) is 22.0 Å². The smallest absolute Gasteiger partial charge is 0.262 e. The van der Waals surface area contributed by atoms with Crippen molar-refractivity contribution in [2.45, 2.75) is 11.8 Å². The van der Waals surface area contributed by atoms with E-state index in [0.717, 1.165) is 0 Å². The monoisotopic (exact) mass is 311 g/mol. The molecule has 0 fully saturated rings. The van der Waals surface area contributed by atoms with Crippen LogP contribution in [0.5, 0.6) is 5.75 Å². The normalized spacial score (nSPS) is 11.2. The number of rotatable bonds is 4. The predicted molar refractivity (Wildman–Crippen MR) is 80.0 cm³/mol. The van der Waals surface area contributed by atoms with Gasteiger partial charge in [-0.1, -0.05) is 23.7 Å². The molecule has 2 aromatic carbocycles. The van der Waals surface area contributed by atoms with Crippen LogP contribution >= 0.6 is 11.6 Å². The van der Waals surface area contributed by atoms with Crippen LogP contribution in [0, 0.1) is 6.92 Å². The number of methoxy groups -OCH3 is 1. The fourth-order valence-corrected chi connectivity index (χ4v) is 3.02. The zero-order valence-corrected chi connectivity index (χ0v) is 12.6. The van der Waals surface area contributed by atoms with Gasteiger partial charge in [0.05, 0.1) is 17.7 Å². The van der Waals surface area contributed by atoms with Crippen LogP contribution < -0.4 is 9.46 Å². The van der Waals surface area contributed by atoms with Gasteiger partial charge in [-0.2, -0.15) is 0 Å². The summed E-state index contributed by atoms with van der Waals surface area (Å²) in [7, 11) is -2.19. The Morgan fingerprint density at radius 2 is 1.85 bits per heavy atom. The van der Waals surface area contributed by atoms with Crippen molar-refractivity contribution >= 4 is 27.3 Å². The minimum absolute atomic E-state index is 0.135. The minimum Gasteiger partial charge on any atom is -0.497 e. The SMILES string of the molecule is COc1cccc(S(=O)(=O)Nc2cccc(Cl)c2C)c1. The van der Waals surface area contributed by atoms with Crippen molar-refractivity contribution in [3.8, 4) is 5.75 Å². The highest BCUT2D eigenvalue weighted by molar-refractivity contribution is 7.92. The number of benzene rings is 2. The molecule has 0 aliphatic carbocycles. The molecule has 0 radical (unpaired) electrons. The zero-order valence-electron chi connectivity index (χ0n) is 11.1. The number of anilines is 1. The third-order valence-corrected chi connectivity index (χ3v) is 4.64. The van der Waals surface area contributed by atoms with Crippen molar-refractivity contribution in [3.05, 3.63) is 53.1 Å². The topological polar surface area (TPSA) is 55.4 Å². The lowest BCUT2D eigenvalue weighted by molar-refractivity contribution is 0.413. The van der Waals surface area contributed by atoms with Crippen LogP contribution in [-0.4, -0.2) is 15.5 Å². The van der Waals surface area contributed by atoms with E-state index < -0.39 is 10.0 Å². The van der Waals surface area contributed by atoms with Crippen LogP contribution in [0.15, 0.2) is 47.4 Å². The fourth-order valence-electron chi connectivity index (χ4n) is 1.69. The average Bonchev–Trinajstić information content (AvgIpc) is 2.44. The van der Waals surface area contributed by atoms with Crippen molar-refractivity contribution in [1.29, 1.82) is 0 Å². The van der Waals surface area contributed by atoms with Gasteiger partial charge in [-0.05, 0) is 36.8 Å². The summed E-state index contributed by atoms with van der Waals surface area (Å²) in [5.41, 5.74) is 1.14. The number of hydrogen-bond acceptors (Lipinski definition) is 3. The molecule has 0 saturated carbocycles. The minimum atomic E-state index is -3.67. The van der Waals surface area contributed by atoms with Gasteiger partial charge in [-0.25, -0.2) is 8.42 Å². The Morgan fingerprint density at radius 1 is 1.15 bits per heavy atom. The summed E-state index contributed by atoms with van der Waals surface area (Å²) in [5, 5.41) is 0.510. The van der Waals surface area contributed by atoms with Crippen molar-refractivity contribution in [2.75, 3.05) is 11.8 Å². The summed E-state index contributed by atoms with van der Waals surface area (Å²) >= 11 is 5.98. The van der Waals surface area contributed by atoms with Crippen LogP contribution in [0.2, 0.25) is 5.02 Å². The van der Waals surface area contributed by atoms with Gasteiger partial charge in [0.25, 0.3) is 10.0 Å². The van der Waals surface area contributed by atoms with Crippen molar-refractivity contribution in [1.82, 2.24) is 0 Å². The molecule has 0 aliphatic rings. The Kier molecular flexibility index (Phi) is 4.20. The Labute approximate surface area is 123 Å². The average molecular weight is 312 g/mol. The van der Waals surface area contributed by atoms with Gasteiger partial charge in [0.1, 0.15) is 5.75 Å². The molecule has 0 amide bonds. The van der Waals surface area contributed by atoms with Gasteiger partial charge < -0.3 is 4.74 Å². The van der Waals surface area contributed by atoms with Crippen LogP contribution in [0.4, 0.5) is 5.69 Å². The standard InChI is InChI=1S/C14H14ClNO3S/c1-10-13(15)7-4-8-14(10)16-20(17,18)12-6-3-5-11(9-12)19-2/h3-9,16H,1-2H3. The second-order valence-corrected chi connectivity index (χ2v) is 6.29. The molecule has 0 atom stereocenters. The van der Waals surface area contributed by atoms with Gasteiger partial charge >= 0.3 is 0 Å². The summed E-state index contributed by atoms with van der Waals surface area (Å²) in [6.07, 6.45) is 0. The molecule has 4 nitrogen and oxygen atoms in total. The largest absolute Gasteiger partial charge is 0.497 e. The zero-order chi connectivity index (χ0) is 14.8. The van der Waals surface area contributed by atoms with Crippen LogP contribution in [-0.2, 0) is 10.0 Å². The molecular formula is C14H14ClNO3S. The van der Waals surface area contributed by atoms with E-state index in [4.69, 9.17) is 16.3 Å². The molecular weight excluding hydrogens is 298 g/mol. The van der Waals surface area contributed by atoms with Crippen molar-refractivity contribution in [2.24, 2.45) is 0 Å². The first-order valence-electron chi connectivity index (χ1n) is 5.86. The van der Waals surface area contributed by atoms with Gasteiger partial charge in [-0.15, -0.1) is 0 Å². The third-order valence-electron chi connectivity index (χ3n) is 2.86.